The van der Waals surface area contributed by atoms with E-state index in [-0.39, 0.29) is 5.91 Å². The van der Waals surface area contributed by atoms with Gasteiger partial charge in [0.05, 0.1) is 0 Å². The SMILES string of the molecule is CCCN(C)C(/C=C(\C)C(N)=O)CC. The number of nitrogens with two attached hydrogens (primary N) is 1. The van der Waals surface area contributed by atoms with Crippen LogP contribution in [-0.4, -0.2) is 30.4 Å². The summed E-state index contributed by atoms with van der Waals surface area (Å²) < 4.78 is 0. The van der Waals surface area contributed by atoms with Crippen LogP contribution >= 0.6 is 0 Å². The second-order valence-corrected chi connectivity index (χ2v) is 3.67. The molecule has 0 bridgehead atoms. The maximum Gasteiger partial charge on any atom is 0.244 e. The molecular formula is C11H22N2O. The molecule has 0 radical (unpaired) electrons. The van der Waals surface area contributed by atoms with Crippen LogP contribution in [0.25, 0.3) is 0 Å². The van der Waals surface area contributed by atoms with Crippen molar-refractivity contribution in [3.8, 4) is 0 Å². The molecule has 0 aliphatic heterocycles. The minimum atomic E-state index is -0.326. The summed E-state index contributed by atoms with van der Waals surface area (Å²) in [7, 11) is 2.07. The molecule has 0 rings (SSSR count). The Hall–Kier alpha value is -0.830. The van der Waals surface area contributed by atoms with Crippen LogP contribution in [-0.2, 0) is 4.79 Å². The molecule has 1 unspecified atom stereocenters. The Morgan fingerprint density at radius 1 is 1.50 bits per heavy atom. The van der Waals surface area contributed by atoms with Crippen LogP contribution in [0.15, 0.2) is 11.6 Å². The van der Waals surface area contributed by atoms with Gasteiger partial charge in [0.25, 0.3) is 0 Å². The highest BCUT2D eigenvalue weighted by Gasteiger charge is 2.10. The van der Waals surface area contributed by atoms with E-state index in [9.17, 15) is 4.79 Å². The molecule has 1 amide bonds. The Morgan fingerprint density at radius 2 is 2.07 bits per heavy atom. The van der Waals surface area contributed by atoms with Crippen molar-refractivity contribution < 1.29 is 4.79 Å². The van der Waals surface area contributed by atoms with Gasteiger partial charge >= 0.3 is 0 Å². The first-order valence-electron chi connectivity index (χ1n) is 5.21. The van der Waals surface area contributed by atoms with Crippen LogP contribution in [0, 0.1) is 0 Å². The lowest BCUT2D eigenvalue weighted by Gasteiger charge is -2.24. The fourth-order valence-electron chi connectivity index (χ4n) is 1.45. The van der Waals surface area contributed by atoms with Gasteiger partial charge in [-0.25, -0.2) is 0 Å². The molecular weight excluding hydrogens is 176 g/mol. The zero-order valence-corrected chi connectivity index (χ0v) is 9.71. The van der Waals surface area contributed by atoms with E-state index >= 15 is 0 Å². The van der Waals surface area contributed by atoms with Crippen LogP contribution in [0.1, 0.15) is 33.6 Å². The average molecular weight is 198 g/mol. The van der Waals surface area contributed by atoms with Crippen molar-refractivity contribution in [1.82, 2.24) is 4.90 Å². The number of carbonyl (C=O) groups excluding carboxylic acids is 1. The minimum absolute atomic E-state index is 0.322. The normalized spacial score (nSPS) is 14.5. The summed E-state index contributed by atoms with van der Waals surface area (Å²) in [5, 5.41) is 0. The zero-order valence-electron chi connectivity index (χ0n) is 9.71. The minimum Gasteiger partial charge on any atom is -0.366 e. The quantitative estimate of drug-likeness (QED) is 0.658. The first-order chi connectivity index (χ1) is 6.52. The molecule has 0 aromatic carbocycles. The van der Waals surface area contributed by atoms with E-state index in [0.29, 0.717) is 11.6 Å². The summed E-state index contributed by atoms with van der Waals surface area (Å²) in [6.45, 7) is 7.07. The molecule has 3 nitrogen and oxygen atoms in total. The molecule has 3 heteroatoms. The number of likely N-dealkylation sites (N-methyl/N-ethyl adjacent to an activating group) is 1. The second-order valence-electron chi connectivity index (χ2n) is 3.67. The van der Waals surface area contributed by atoms with Gasteiger partial charge in [-0.15, -0.1) is 0 Å². The van der Waals surface area contributed by atoms with Gasteiger partial charge < -0.3 is 5.73 Å². The van der Waals surface area contributed by atoms with E-state index in [1.165, 1.54) is 0 Å². The van der Waals surface area contributed by atoms with Gasteiger partial charge in [0.1, 0.15) is 0 Å². The van der Waals surface area contributed by atoms with Crippen LogP contribution < -0.4 is 5.73 Å². The van der Waals surface area contributed by atoms with Crippen LogP contribution in [0.5, 0.6) is 0 Å². The van der Waals surface area contributed by atoms with Gasteiger partial charge in [-0.05, 0) is 33.4 Å². The molecule has 0 fully saturated rings. The molecule has 2 N–H and O–H groups in total. The Kier molecular flexibility index (Phi) is 6.21. The lowest BCUT2D eigenvalue weighted by Crippen LogP contribution is -2.31. The van der Waals surface area contributed by atoms with Crippen molar-refractivity contribution in [1.29, 1.82) is 0 Å². The maximum atomic E-state index is 10.9. The molecule has 0 saturated carbocycles. The largest absolute Gasteiger partial charge is 0.366 e. The second kappa shape index (κ2) is 6.60. The highest BCUT2D eigenvalue weighted by atomic mass is 16.1. The smallest absolute Gasteiger partial charge is 0.244 e. The number of carbonyl (C=O) groups is 1. The maximum absolute atomic E-state index is 10.9. The van der Waals surface area contributed by atoms with Crippen molar-refractivity contribution in [2.75, 3.05) is 13.6 Å². The van der Waals surface area contributed by atoms with Crippen molar-refractivity contribution >= 4 is 5.91 Å². The van der Waals surface area contributed by atoms with E-state index in [1.807, 2.05) is 6.08 Å². The number of hydrogen-bond acceptors (Lipinski definition) is 2. The Balaban J connectivity index is 4.41. The summed E-state index contributed by atoms with van der Waals surface area (Å²) in [5.74, 6) is -0.326. The van der Waals surface area contributed by atoms with Crippen molar-refractivity contribution in [2.24, 2.45) is 5.73 Å². The third-order valence-electron chi connectivity index (χ3n) is 2.39. The lowest BCUT2D eigenvalue weighted by molar-refractivity contribution is -0.114. The Bertz CT molecular complexity index is 211. The third-order valence-corrected chi connectivity index (χ3v) is 2.39. The van der Waals surface area contributed by atoms with E-state index in [1.54, 1.807) is 6.92 Å². The van der Waals surface area contributed by atoms with E-state index in [4.69, 9.17) is 5.73 Å². The van der Waals surface area contributed by atoms with E-state index in [2.05, 4.69) is 25.8 Å². The fourth-order valence-corrected chi connectivity index (χ4v) is 1.45. The number of primary amides is 1. The number of hydrogen-bond donors (Lipinski definition) is 1. The van der Waals surface area contributed by atoms with Crippen LogP contribution in [0.3, 0.4) is 0 Å². The van der Waals surface area contributed by atoms with E-state index in [0.717, 1.165) is 19.4 Å². The molecule has 0 aliphatic carbocycles. The number of rotatable bonds is 6. The molecule has 0 aromatic rings. The van der Waals surface area contributed by atoms with Crippen molar-refractivity contribution in [2.45, 2.75) is 39.7 Å². The molecule has 0 aliphatic rings. The summed E-state index contributed by atoms with van der Waals surface area (Å²) in [4.78, 5) is 13.1. The summed E-state index contributed by atoms with van der Waals surface area (Å²) >= 11 is 0. The molecule has 0 aromatic heterocycles. The predicted molar refractivity (Wildman–Crippen MR) is 60.0 cm³/mol. The molecule has 1 atom stereocenters. The van der Waals surface area contributed by atoms with Crippen molar-refractivity contribution in [3.05, 3.63) is 11.6 Å². The van der Waals surface area contributed by atoms with Gasteiger partial charge in [0.15, 0.2) is 0 Å². The average Bonchev–Trinajstić information content (AvgIpc) is 2.13. The van der Waals surface area contributed by atoms with Gasteiger partial charge in [-0.3, -0.25) is 9.69 Å². The monoisotopic (exact) mass is 198 g/mol. The van der Waals surface area contributed by atoms with Crippen LogP contribution in [0.2, 0.25) is 0 Å². The lowest BCUT2D eigenvalue weighted by atomic mass is 10.1. The number of amides is 1. The molecule has 0 heterocycles. The highest BCUT2D eigenvalue weighted by Crippen LogP contribution is 2.07. The zero-order chi connectivity index (χ0) is 11.1. The topological polar surface area (TPSA) is 46.3 Å². The van der Waals surface area contributed by atoms with Gasteiger partial charge in [-0.2, -0.15) is 0 Å². The summed E-state index contributed by atoms with van der Waals surface area (Å²) in [6.07, 6.45) is 4.08. The molecule has 0 saturated heterocycles. The third kappa shape index (κ3) is 4.42. The van der Waals surface area contributed by atoms with Gasteiger partial charge in [0, 0.05) is 11.6 Å². The van der Waals surface area contributed by atoms with Crippen LogP contribution in [0.4, 0.5) is 0 Å². The summed E-state index contributed by atoms with van der Waals surface area (Å²) in [6, 6.07) is 0.322. The molecule has 0 spiro atoms. The molecule has 82 valence electrons. The van der Waals surface area contributed by atoms with Crippen molar-refractivity contribution in [3.63, 3.8) is 0 Å². The first kappa shape index (κ1) is 13.2. The Labute approximate surface area is 87.0 Å². The standard InChI is InChI=1S/C11H22N2O/c1-5-7-13(4)10(6-2)8-9(3)11(12)14/h8,10H,5-7H2,1-4H3,(H2,12,14)/b9-8+. The summed E-state index contributed by atoms with van der Waals surface area (Å²) in [5.41, 5.74) is 5.84. The molecule has 14 heavy (non-hydrogen) atoms. The predicted octanol–water partition coefficient (Wildman–Crippen LogP) is 1.54. The number of nitrogens with zero attached hydrogens (tertiary/aromatic N) is 1. The van der Waals surface area contributed by atoms with E-state index < -0.39 is 0 Å². The highest BCUT2D eigenvalue weighted by molar-refractivity contribution is 5.91. The fraction of sp³-hybridized carbons (Fsp3) is 0.727. The van der Waals surface area contributed by atoms with Gasteiger partial charge in [0.2, 0.25) is 5.91 Å². The first-order valence-corrected chi connectivity index (χ1v) is 5.21. The Morgan fingerprint density at radius 3 is 2.43 bits per heavy atom. The van der Waals surface area contributed by atoms with Gasteiger partial charge in [-0.1, -0.05) is 19.9 Å².